The van der Waals surface area contributed by atoms with Gasteiger partial charge in [0, 0.05) is 44.3 Å². The Morgan fingerprint density at radius 1 is 1.15 bits per heavy atom. The average molecular weight is 376 g/mol. The number of nitrogens with zero attached hydrogens (tertiary/aromatic N) is 3. The van der Waals surface area contributed by atoms with Gasteiger partial charge in [0.15, 0.2) is 5.13 Å². The van der Waals surface area contributed by atoms with E-state index in [1.807, 2.05) is 23.7 Å². The molecule has 1 fully saturated rings. The summed E-state index contributed by atoms with van der Waals surface area (Å²) < 4.78 is 5.76. The summed E-state index contributed by atoms with van der Waals surface area (Å²) in [6, 6.07) is 8.17. The fraction of sp³-hybridized carbons (Fsp3) is 0.550. The van der Waals surface area contributed by atoms with Gasteiger partial charge in [0.1, 0.15) is 18.5 Å². The predicted octanol–water partition coefficient (Wildman–Crippen LogP) is 3.00. The highest BCUT2D eigenvalue weighted by Gasteiger charge is 2.21. The minimum Gasteiger partial charge on any atom is -0.491 e. The maximum atomic E-state index is 10.3. The lowest BCUT2D eigenvalue weighted by atomic mass is 9.87. The summed E-state index contributed by atoms with van der Waals surface area (Å²) in [5.74, 6) is 0.811. The van der Waals surface area contributed by atoms with E-state index in [1.54, 1.807) is 11.3 Å². The van der Waals surface area contributed by atoms with Crippen LogP contribution in [0.1, 0.15) is 26.3 Å². The smallest absolute Gasteiger partial charge is 0.185 e. The Balaban J connectivity index is 1.40. The van der Waals surface area contributed by atoms with Crippen molar-refractivity contribution in [1.29, 1.82) is 0 Å². The van der Waals surface area contributed by atoms with Crippen LogP contribution in [0, 0.1) is 0 Å². The predicted molar refractivity (Wildman–Crippen MR) is 107 cm³/mol. The third kappa shape index (κ3) is 5.19. The van der Waals surface area contributed by atoms with Crippen molar-refractivity contribution in [3.05, 3.63) is 41.4 Å². The van der Waals surface area contributed by atoms with Crippen LogP contribution in [0.3, 0.4) is 0 Å². The van der Waals surface area contributed by atoms with Crippen molar-refractivity contribution in [1.82, 2.24) is 9.88 Å². The maximum Gasteiger partial charge on any atom is 0.185 e. The first-order valence-corrected chi connectivity index (χ1v) is 10.1. The van der Waals surface area contributed by atoms with Gasteiger partial charge in [-0.2, -0.15) is 0 Å². The summed E-state index contributed by atoms with van der Waals surface area (Å²) >= 11 is 1.68. The van der Waals surface area contributed by atoms with E-state index in [4.69, 9.17) is 4.74 Å². The lowest BCUT2D eigenvalue weighted by Crippen LogP contribution is -2.49. The first-order chi connectivity index (χ1) is 12.4. The Labute approximate surface area is 160 Å². The van der Waals surface area contributed by atoms with Gasteiger partial charge in [-0.05, 0) is 23.1 Å². The van der Waals surface area contributed by atoms with E-state index >= 15 is 0 Å². The van der Waals surface area contributed by atoms with Crippen molar-refractivity contribution in [2.24, 2.45) is 0 Å². The summed E-state index contributed by atoms with van der Waals surface area (Å²) in [6.45, 7) is 11.3. The molecular formula is C20H29N3O2S. The third-order valence-electron chi connectivity index (χ3n) is 4.69. The van der Waals surface area contributed by atoms with Gasteiger partial charge in [0.25, 0.3) is 0 Å². The van der Waals surface area contributed by atoms with Crippen LogP contribution in [0.5, 0.6) is 5.75 Å². The van der Waals surface area contributed by atoms with Crippen LogP contribution in [-0.4, -0.2) is 60.4 Å². The number of rotatable bonds is 6. The molecule has 142 valence electrons. The maximum absolute atomic E-state index is 10.3. The minimum atomic E-state index is -0.483. The Kier molecular flexibility index (Phi) is 6.16. The van der Waals surface area contributed by atoms with Crippen molar-refractivity contribution >= 4 is 16.5 Å². The normalized spacial score (nSPS) is 17.3. The van der Waals surface area contributed by atoms with Crippen LogP contribution in [0.15, 0.2) is 35.8 Å². The molecule has 0 spiro atoms. The summed E-state index contributed by atoms with van der Waals surface area (Å²) in [5.41, 5.74) is 1.42. The molecule has 2 aromatic rings. The molecule has 1 aromatic heterocycles. The van der Waals surface area contributed by atoms with E-state index in [-0.39, 0.29) is 5.41 Å². The number of piperazine rings is 1. The highest BCUT2D eigenvalue weighted by molar-refractivity contribution is 7.13. The lowest BCUT2D eigenvalue weighted by molar-refractivity contribution is 0.0663. The highest BCUT2D eigenvalue weighted by Crippen LogP contribution is 2.24. The topological polar surface area (TPSA) is 48.8 Å². The molecule has 0 radical (unpaired) electrons. The van der Waals surface area contributed by atoms with Crippen LogP contribution >= 0.6 is 11.3 Å². The summed E-state index contributed by atoms with van der Waals surface area (Å²) in [6.07, 6.45) is 1.37. The van der Waals surface area contributed by atoms with Crippen LogP contribution < -0.4 is 9.64 Å². The molecule has 1 aliphatic heterocycles. The van der Waals surface area contributed by atoms with Gasteiger partial charge >= 0.3 is 0 Å². The molecule has 0 unspecified atom stereocenters. The number of thiazole rings is 1. The lowest BCUT2D eigenvalue weighted by Gasteiger charge is -2.35. The molecule has 5 nitrogen and oxygen atoms in total. The largest absolute Gasteiger partial charge is 0.491 e. The standard InChI is InChI=1S/C20H29N3O2S/c1-20(2,3)16-4-6-18(7-5-16)25-15-17(24)14-22-9-11-23(12-10-22)19-21-8-13-26-19/h4-8,13,17,24H,9-12,14-15H2,1-3H3/t17-/m0/s1. The number of anilines is 1. The zero-order valence-corrected chi connectivity index (χ0v) is 16.7. The second-order valence-corrected chi connectivity index (χ2v) is 8.71. The average Bonchev–Trinajstić information content (AvgIpc) is 3.15. The zero-order chi connectivity index (χ0) is 18.6. The quantitative estimate of drug-likeness (QED) is 0.841. The van der Waals surface area contributed by atoms with Gasteiger partial charge in [-0.3, -0.25) is 4.90 Å². The van der Waals surface area contributed by atoms with Gasteiger partial charge in [-0.1, -0.05) is 32.9 Å². The van der Waals surface area contributed by atoms with Crippen LogP contribution in [0.4, 0.5) is 5.13 Å². The van der Waals surface area contributed by atoms with Crippen molar-refractivity contribution in [3.63, 3.8) is 0 Å². The fourth-order valence-corrected chi connectivity index (χ4v) is 3.78. The molecule has 0 saturated carbocycles. The molecule has 0 bridgehead atoms. The Morgan fingerprint density at radius 2 is 1.85 bits per heavy atom. The number of β-amino-alcohol motifs (C(OH)–C–C–N with tert-alkyl or cyclic N) is 1. The molecule has 6 heteroatoms. The highest BCUT2D eigenvalue weighted by atomic mass is 32.1. The van der Waals surface area contributed by atoms with Crippen molar-refractivity contribution < 1.29 is 9.84 Å². The van der Waals surface area contributed by atoms with Crippen LogP contribution in [-0.2, 0) is 5.41 Å². The van der Waals surface area contributed by atoms with E-state index < -0.39 is 6.10 Å². The monoisotopic (exact) mass is 375 g/mol. The van der Waals surface area contributed by atoms with E-state index in [1.165, 1.54) is 5.56 Å². The Morgan fingerprint density at radius 3 is 2.42 bits per heavy atom. The molecule has 1 N–H and O–H groups in total. The van der Waals surface area contributed by atoms with E-state index in [2.05, 4.69) is 47.7 Å². The molecule has 1 aliphatic rings. The second kappa shape index (κ2) is 8.37. The van der Waals surface area contributed by atoms with Gasteiger partial charge in [0.05, 0.1) is 0 Å². The summed E-state index contributed by atoms with van der Waals surface area (Å²) in [5, 5.41) is 13.4. The minimum absolute atomic E-state index is 0.138. The van der Waals surface area contributed by atoms with E-state index in [0.29, 0.717) is 13.2 Å². The molecule has 0 aliphatic carbocycles. The Hall–Kier alpha value is -1.63. The molecule has 1 atom stereocenters. The van der Waals surface area contributed by atoms with Crippen LogP contribution in [0.2, 0.25) is 0 Å². The molecule has 1 saturated heterocycles. The SMILES string of the molecule is CC(C)(C)c1ccc(OC[C@@H](O)CN2CCN(c3nccs3)CC2)cc1. The van der Waals surface area contributed by atoms with Gasteiger partial charge < -0.3 is 14.7 Å². The summed E-state index contributed by atoms with van der Waals surface area (Å²) in [4.78, 5) is 8.97. The van der Waals surface area contributed by atoms with Crippen molar-refractivity contribution in [3.8, 4) is 5.75 Å². The number of aliphatic hydroxyl groups is 1. The number of benzene rings is 1. The first-order valence-electron chi connectivity index (χ1n) is 9.20. The molecule has 1 aromatic carbocycles. The van der Waals surface area contributed by atoms with Gasteiger partial charge in [0.2, 0.25) is 0 Å². The summed E-state index contributed by atoms with van der Waals surface area (Å²) in [7, 11) is 0. The van der Waals surface area contributed by atoms with Gasteiger partial charge in [-0.25, -0.2) is 4.98 Å². The number of aromatic nitrogens is 1. The number of aliphatic hydroxyl groups excluding tert-OH is 1. The Bertz CT molecular complexity index is 659. The second-order valence-electron chi connectivity index (χ2n) is 7.84. The van der Waals surface area contributed by atoms with Crippen molar-refractivity contribution in [2.45, 2.75) is 32.3 Å². The van der Waals surface area contributed by atoms with Crippen LogP contribution in [0.25, 0.3) is 0 Å². The fourth-order valence-electron chi connectivity index (χ4n) is 3.09. The molecule has 2 heterocycles. The molecular weight excluding hydrogens is 346 g/mol. The number of hydrogen-bond acceptors (Lipinski definition) is 6. The number of hydrogen-bond donors (Lipinski definition) is 1. The van der Waals surface area contributed by atoms with Crippen molar-refractivity contribution in [2.75, 3.05) is 44.2 Å². The zero-order valence-electron chi connectivity index (χ0n) is 15.9. The van der Waals surface area contributed by atoms with E-state index in [0.717, 1.165) is 37.1 Å². The number of ether oxygens (including phenoxy) is 1. The van der Waals surface area contributed by atoms with E-state index in [9.17, 15) is 5.11 Å². The molecule has 26 heavy (non-hydrogen) atoms. The molecule has 3 rings (SSSR count). The molecule has 0 amide bonds. The third-order valence-corrected chi connectivity index (χ3v) is 5.53. The van der Waals surface area contributed by atoms with Gasteiger partial charge in [-0.15, -0.1) is 11.3 Å². The first kappa shape index (κ1) is 19.1.